The largest absolute Gasteiger partial charge is 0.490 e. The SMILES string of the molecule is CCOc1cc(C(=O)NNC(=O)c2cnc3c(c2)c(=O)n(C)c(=O)n3C)cc(OCC)c1OCC. The normalized spacial score (nSPS) is 10.7. The second kappa shape index (κ2) is 10.7. The maximum atomic E-state index is 12.8. The highest BCUT2D eigenvalue weighted by Crippen LogP contribution is 2.39. The number of carbonyl (C=O) groups excluding carboxylic acids is 2. The predicted octanol–water partition coefficient (Wildman–Crippen LogP) is 0.903. The van der Waals surface area contributed by atoms with Crippen molar-refractivity contribution in [3.05, 3.63) is 56.4 Å². The van der Waals surface area contributed by atoms with Gasteiger partial charge in [-0.25, -0.2) is 9.78 Å². The maximum absolute atomic E-state index is 12.8. The van der Waals surface area contributed by atoms with Gasteiger partial charge in [-0.2, -0.15) is 0 Å². The molecule has 0 saturated carbocycles. The van der Waals surface area contributed by atoms with E-state index in [0.29, 0.717) is 37.1 Å². The second-order valence-corrected chi connectivity index (χ2v) is 7.31. The van der Waals surface area contributed by atoms with Gasteiger partial charge in [0.05, 0.1) is 30.8 Å². The number of hydrogen-bond donors (Lipinski definition) is 2. The Morgan fingerprint density at radius 2 is 1.37 bits per heavy atom. The van der Waals surface area contributed by atoms with Gasteiger partial charge in [0.25, 0.3) is 17.4 Å². The Hall–Kier alpha value is -4.35. The van der Waals surface area contributed by atoms with E-state index in [4.69, 9.17) is 14.2 Å². The molecule has 2 aromatic heterocycles. The minimum absolute atomic E-state index is 0.0188. The van der Waals surface area contributed by atoms with Crippen molar-refractivity contribution in [3.8, 4) is 17.2 Å². The highest BCUT2D eigenvalue weighted by Gasteiger charge is 2.19. The summed E-state index contributed by atoms with van der Waals surface area (Å²) < 4.78 is 19.0. The fourth-order valence-electron chi connectivity index (χ4n) is 3.37. The summed E-state index contributed by atoms with van der Waals surface area (Å²) in [5.74, 6) is -0.288. The first-order valence-electron chi connectivity index (χ1n) is 11.0. The van der Waals surface area contributed by atoms with Crippen molar-refractivity contribution in [3.63, 3.8) is 0 Å². The molecular weight excluding hydrogens is 458 g/mol. The van der Waals surface area contributed by atoms with Crippen LogP contribution in [-0.4, -0.2) is 45.8 Å². The molecule has 2 heterocycles. The van der Waals surface area contributed by atoms with E-state index in [1.54, 1.807) is 13.8 Å². The molecule has 0 saturated heterocycles. The van der Waals surface area contributed by atoms with Gasteiger partial charge < -0.3 is 14.2 Å². The molecule has 35 heavy (non-hydrogen) atoms. The number of fused-ring (bicyclic) bond motifs is 1. The Bertz CT molecular complexity index is 1370. The number of carbonyl (C=O) groups is 2. The highest BCUT2D eigenvalue weighted by atomic mass is 16.5. The van der Waals surface area contributed by atoms with Crippen molar-refractivity contribution in [1.82, 2.24) is 25.0 Å². The third-order valence-corrected chi connectivity index (χ3v) is 5.02. The second-order valence-electron chi connectivity index (χ2n) is 7.31. The van der Waals surface area contributed by atoms with Crippen LogP contribution in [0.25, 0.3) is 11.0 Å². The van der Waals surface area contributed by atoms with E-state index in [-0.39, 0.29) is 22.2 Å². The molecule has 3 rings (SSSR count). The molecular formula is C23H27N5O7. The summed E-state index contributed by atoms with van der Waals surface area (Å²) in [4.78, 5) is 54.0. The molecule has 0 spiro atoms. The molecule has 0 radical (unpaired) electrons. The molecule has 0 fully saturated rings. The topological polar surface area (TPSA) is 143 Å². The fraction of sp³-hybridized carbons (Fsp3) is 0.348. The number of hydrazine groups is 1. The van der Waals surface area contributed by atoms with Gasteiger partial charge in [0.15, 0.2) is 11.5 Å². The Morgan fingerprint density at radius 1 is 0.829 bits per heavy atom. The zero-order valence-corrected chi connectivity index (χ0v) is 20.1. The average molecular weight is 485 g/mol. The fourth-order valence-corrected chi connectivity index (χ4v) is 3.37. The Kier molecular flexibility index (Phi) is 7.74. The molecule has 0 aliphatic rings. The number of hydrogen-bond acceptors (Lipinski definition) is 8. The Labute approximate surface area is 200 Å². The van der Waals surface area contributed by atoms with Gasteiger partial charge in [-0.15, -0.1) is 0 Å². The number of amides is 2. The van der Waals surface area contributed by atoms with E-state index in [2.05, 4.69) is 15.8 Å². The molecule has 2 N–H and O–H groups in total. The minimum Gasteiger partial charge on any atom is -0.490 e. The van der Waals surface area contributed by atoms with Crippen molar-refractivity contribution in [2.75, 3.05) is 19.8 Å². The minimum atomic E-state index is -0.704. The smallest absolute Gasteiger partial charge is 0.332 e. The zero-order valence-electron chi connectivity index (χ0n) is 20.1. The molecule has 2 amide bonds. The van der Waals surface area contributed by atoms with Crippen LogP contribution < -0.4 is 36.3 Å². The number of aromatic nitrogens is 3. The van der Waals surface area contributed by atoms with E-state index in [0.717, 1.165) is 4.57 Å². The Morgan fingerprint density at radius 3 is 1.91 bits per heavy atom. The zero-order chi connectivity index (χ0) is 25.7. The number of nitrogens with one attached hydrogen (secondary N) is 2. The van der Waals surface area contributed by atoms with Gasteiger partial charge in [-0.3, -0.25) is 34.4 Å². The summed E-state index contributed by atoms with van der Waals surface area (Å²) >= 11 is 0. The van der Waals surface area contributed by atoms with Crippen LogP contribution in [0.3, 0.4) is 0 Å². The lowest BCUT2D eigenvalue weighted by atomic mass is 10.1. The van der Waals surface area contributed by atoms with E-state index in [9.17, 15) is 19.2 Å². The summed E-state index contributed by atoms with van der Waals surface area (Å²) in [5, 5.41) is 0.0859. The molecule has 0 aliphatic heterocycles. The summed E-state index contributed by atoms with van der Waals surface area (Å²) in [6.07, 6.45) is 1.21. The van der Waals surface area contributed by atoms with Crippen LogP contribution in [0, 0.1) is 0 Å². The van der Waals surface area contributed by atoms with Gasteiger partial charge >= 0.3 is 5.69 Å². The van der Waals surface area contributed by atoms with Crippen LogP contribution in [0.2, 0.25) is 0 Å². The van der Waals surface area contributed by atoms with Crippen molar-refractivity contribution in [2.24, 2.45) is 14.1 Å². The van der Waals surface area contributed by atoms with E-state index < -0.39 is 23.1 Å². The quantitative estimate of drug-likeness (QED) is 0.448. The highest BCUT2D eigenvalue weighted by molar-refractivity contribution is 6.00. The lowest BCUT2D eigenvalue weighted by Gasteiger charge is -2.17. The average Bonchev–Trinajstić information content (AvgIpc) is 2.86. The summed E-state index contributed by atoms with van der Waals surface area (Å²) in [6.45, 7) is 6.47. The van der Waals surface area contributed by atoms with E-state index >= 15 is 0 Å². The molecule has 0 bridgehead atoms. The van der Waals surface area contributed by atoms with Crippen molar-refractivity contribution in [2.45, 2.75) is 20.8 Å². The summed E-state index contributed by atoms with van der Waals surface area (Å²) in [5.41, 5.74) is 3.82. The van der Waals surface area contributed by atoms with Crippen LogP contribution in [0.1, 0.15) is 41.5 Å². The first-order chi connectivity index (χ1) is 16.7. The molecule has 12 heteroatoms. The number of nitrogens with zero attached hydrogens (tertiary/aromatic N) is 3. The van der Waals surface area contributed by atoms with Crippen LogP contribution in [0.5, 0.6) is 17.2 Å². The maximum Gasteiger partial charge on any atom is 0.332 e. The van der Waals surface area contributed by atoms with Crippen LogP contribution in [0.15, 0.2) is 34.0 Å². The summed E-state index contributed by atoms with van der Waals surface area (Å²) in [7, 11) is 2.81. The van der Waals surface area contributed by atoms with E-state index in [1.807, 2.05) is 6.92 Å². The molecule has 12 nitrogen and oxygen atoms in total. The van der Waals surface area contributed by atoms with Crippen LogP contribution >= 0.6 is 0 Å². The molecule has 0 atom stereocenters. The first-order valence-corrected chi connectivity index (χ1v) is 11.0. The van der Waals surface area contributed by atoms with Crippen LogP contribution in [0.4, 0.5) is 0 Å². The number of rotatable bonds is 8. The van der Waals surface area contributed by atoms with Crippen molar-refractivity contribution in [1.29, 1.82) is 0 Å². The Balaban J connectivity index is 1.85. The molecule has 186 valence electrons. The third kappa shape index (κ3) is 5.10. The van der Waals surface area contributed by atoms with Gasteiger partial charge in [0.2, 0.25) is 5.75 Å². The lowest BCUT2D eigenvalue weighted by Crippen LogP contribution is -2.42. The van der Waals surface area contributed by atoms with Gasteiger partial charge in [-0.05, 0) is 39.0 Å². The standard InChI is InChI=1S/C23H27N5O7/c1-6-33-16-10-13(11-17(34-7-2)18(16)35-8-3)20(29)25-26-21(30)14-9-15-19(24-12-14)27(4)23(32)28(5)22(15)31/h9-12H,6-8H2,1-5H3,(H,25,29)(H,26,30). The predicted molar refractivity (Wildman–Crippen MR) is 127 cm³/mol. The lowest BCUT2D eigenvalue weighted by molar-refractivity contribution is 0.0846. The molecule has 3 aromatic rings. The van der Waals surface area contributed by atoms with Crippen LogP contribution in [-0.2, 0) is 14.1 Å². The van der Waals surface area contributed by atoms with Gasteiger partial charge in [-0.1, -0.05) is 0 Å². The number of aryl methyl sites for hydroxylation is 1. The third-order valence-electron chi connectivity index (χ3n) is 5.02. The summed E-state index contributed by atoms with van der Waals surface area (Å²) in [6, 6.07) is 4.28. The van der Waals surface area contributed by atoms with Crippen molar-refractivity contribution >= 4 is 22.8 Å². The molecule has 0 unspecified atom stereocenters. The van der Waals surface area contributed by atoms with Crippen molar-refractivity contribution < 1.29 is 23.8 Å². The van der Waals surface area contributed by atoms with Gasteiger partial charge in [0.1, 0.15) is 5.65 Å². The first kappa shape index (κ1) is 25.3. The van der Waals surface area contributed by atoms with E-state index in [1.165, 1.54) is 43.1 Å². The van der Waals surface area contributed by atoms with Gasteiger partial charge in [0, 0.05) is 25.9 Å². The molecule has 1 aromatic carbocycles. The monoisotopic (exact) mass is 485 g/mol. The number of pyridine rings is 1. The number of benzene rings is 1. The molecule has 0 aliphatic carbocycles. The number of ether oxygens (including phenoxy) is 3.